The molecule has 0 saturated carbocycles. The van der Waals surface area contributed by atoms with Crippen molar-refractivity contribution < 1.29 is 19.4 Å². The third-order valence-electron chi connectivity index (χ3n) is 3.17. The van der Waals surface area contributed by atoms with Crippen LogP contribution in [-0.4, -0.2) is 23.7 Å². The van der Waals surface area contributed by atoms with Crippen LogP contribution in [0.25, 0.3) is 0 Å². The monoisotopic (exact) mass is 356 g/mol. The minimum atomic E-state index is -0.919. The van der Waals surface area contributed by atoms with E-state index in [1.165, 1.54) is 0 Å². The van der Waals surface area contributed by atoms with Gasteiger partial charge >= 0.3 is 11.9 Å². The predicted molar refractivity (Wildman–Crippen MR) is 107 cm³/mol. The Morgan fingerprint density at radius 1 is 0.769 bits per heavy atom. The second-order valence-electron chi connectivity index (χ2n) is 5.65. The van der Waals surface area contributed by atoms with Crippen LogP contribution in [0.5, 0.6) is 0 Å². The van der Waals surface area contributed by atoms with E-state index in [-0.39, 0.29) is 5.97 Å². The zero-order chi connectivity index (χ0) is 19.9. The topological polar surface area (TPSA) is 63.6 Å². The predicted octanol–water partition coefficient (Wildman–Crippen LogP) is 5.09. The third kappa shape index (κ3) is 11.6. The van der Waals surface area contributed by atoms with E-state index >= 15 is 0 Å². The highest BCUT2D eigenvalue weighted by molar-refractivity contribution is 5.88. The molecule has 140 valence electrons. The summed E-state index contributed by atoms with van der Waals surface area (Å²) in [5.41, 5.74) is 2.90. The van der Waals surface area contributed by atoms with Crippen LogP contribution >= 0.6 is 0 Å². The second kappa shape index (κ2) is 13.4. The number of carboxylic acid groups (broad SMARTS) is 1. The molecule has 0 radical (unpaired) electrons. The van der Waals surface area contributed by atoms with Crippen molar-refractivity contribution in [1.29, 1.82) is 0 Å². The van der Waals surface area contributed by atoms with Crippen molar-refractivity contribution in [2.24, 2.45) is 0 Å². The van der Waals surface area contributed by atoms with Gasteiger partial charge in [0, 0.05) is 11.1 Å². The molecule has 0 aromatic carbocycles. The molecule has 0 saturated heterocycles. The first-order valence-corrected chi connectivity index (χ1v) is 8.40. The van der Waals surface area contributed by atoms with Crippen LogP contribution in [0.15, 0.2) is 83.1 Å². The molecule has 0 aliphatic carbocycles. The summed E-state index contributed by atoms with van der Waals surface area (Å²) in [5, 5.41) is 8.75. The van der Waals surface area contributed by atoms with Gasteiger partial charge in [0.2, 0.25) is 0 Å². The molecular formula is C22H28O4. The first-order chi connectivity index (χ1) is 12.3. The maximum absolute atomic E-state index is 11.4. The Labute approximate surface area is 156 Å². The Morgan fingerprint density at radius 3 is 1.65 bits per heavy atom. The molecule has 0 amide bonds. The summed E-state index contributed by atoms with van der Waals surface area (Å²) in [6.07, 6.45) is 18.3. The van der Waals surface area contributed by atoms with E-state index in [9.17, 15) is 9.59 Å². The summed E-state index contributed by atoms with van der Waals surface area (Å²) >= 11 is 0. The van der Waals surface area contributed by atoms with E-state index in [0.717, 1.165) is 11.1 Å². The van der Waals surface area contributed by atoms with Gasteiger partial charge in [0.25, 0.3) is 0 Å². The lowest BCUT2D eigenvalue weighted by Gasteiger charge is -1.99. The molecule has 0 aliphatic heterocycles. The number of carboxylic acids is 1. The van der Waals surface area contributed by atoms with E-state index in [0.29, 0.717) is 17.8 Å². The maximum atomic E-state index is 11.4. The summed E-state index contributed by atoms with van der Waals surface area (Å²) in [6.45, 7) is 9.31. The maximum Gasteiger partial charge on any atom is 0.333 e. The highest BCUT2D eigenvalue weighted by Crippen LogP contribution is 2.02. The van der Waals surface area contributed by atoms with Gasteiger partial charge in [-0.1, -0.05) is 71.9 Å². The molecular weight excluding hydrogens is 328 g/mol. The van der Waals surface area contributed by atoms with Crippen molar-refractivity contribution in [1.82, 2.24) is 0 Å². The Hall–Kier alpha value is -2.88. The van der Waals surface area contributed by atoms with Crippen LogP contribution in [0.3, 0.4) is 0 Å². The number of ether oxygens (including phenoxy) is 1. The summed E-state index contributed by atoms with van der Waals surface area (Å²) in [4.78, 5) is 22.1. The van der Waals surface area contributed by atoms with Crippen LogP contribution < -0.4 is 0 Å². The minimum Gasteiger partial charge on any atom is -0.478 e. The van der Waals surface area contributed by atoms with Gasteiger partial charge in [0.05, 0.1) is 6.61 Å². The van der Waals surface area contributed by atoms with Crippen LogP contribution in [0, 0.1) is 0 Å². The first kappa shape index (κ1) is 23.1. The summed E-state index contributed by atoms with van der Waals surface area (Å²) < 4.78 is 4.90. The van der Waals surface area contributed by atoms with Crippen molar-refractivity contribution in [3.05, 3.63) is 83.1 Å². The van der Waals surface area contributed by atoms with Gasteiger partial charge in [-0.05, 0) is 34.6 Å². The number of rotatable bonds is 9. The average Bonchev–Trinajstić information content (AvgIpc) is 2.58. The quantitative estimate of drug-likeness (QED) is 0.355. The van der Waals surface area contributed by atoms with Crippen molar-refractivity contribution in [2.45, 2.75) is 34.6 Å². The fourth-order valence-corrected chi connectivity index (χ4v) is 1.60. The van der Waals surface area contributed by atoms with E-state index in [1.54, 1.807) is 39.0 Å². The molecule has 0 rings (SSSR count). The number of carbonyl (C=O) groups excluding carboxylic acids is 1. The number of hydrogen-bond acceptors (Lipinski definition) is 3. The highest BCUT2D eigenvalue weighted by atomic mass is 16.5. The lowest BCUT2D eigenvalue weighted by molar-refractivity contribution is -0.138. The Balaban J connectivity index is 4.65. The lowest BCUT2D eigenvalue weighted by atomic mass is 10.2. The van der Waals surface area contributed by atoms with Crippen LogP contribution in [-0.2, 0) is 14.3 Å². The fourth-order valence-electron chi connectivity index (χ4n) is 1.60. The molecule has 0 atom stereocenters. The zero-order valence-corrected chi connectivity index (χ0v) is 16.2. The normalized spacial score (nSPS) is 14.7. The van der Waals surface area contributed by atoms with Gasteiger partial charge in [-0.25, -0.2) is 9.59 Å². The molecule has 4 nitrogen and oxygen atoms in total. The fraction of sp³-hybridized carbons (Fsp3) is 0.273. The van der Waals surface area contributed by atoms with Gasteiger partial charge in [0.1, 0.15) is 0 Å². The Kier molecular flexibility index (Phi) is 11.9. The molecule has 0 heterocycles. The highest BCUT2D eigenvalue weighted by Gasteiger charge is 2.01. The van der Waals surface area contributed by atoms with Crippen molar-refractivity contribution in [3.8, 4) is 0 Å². The van der Waals surface area contributed by atoms with Gasteiger partial charge in [0.15, 0.2) is 0 Å². The van der Waals surface area contributed by atoms with E-state index in [2.05, 4.69) is 0 Å². The van der Waals surface area contributed by atoms with Crippen molar-refractivity contribution in [3.63, 3.8) is 0 Å². The van der Waals surface area contributed by atoms with Crippen molar-refractivity contribution >= 4 is 11.9 Å². The second-order valence-corrected chi connectivity index (χ2v) is 5.65. The smallest absolute Gasteiger partial charge is 0.333 e. The number of hydrogen-bond donors (Lipinski definition) is 1. The SMILES string of the molecule is CCOC(=O)/C(C)=C/C=C/C(C)=C/C=C/C=C(C)/C=C/C=C(\C)C(=O)O. The van der Waals surface area contributed by atoms with Crippen LogP contribution in [0.4, 0.5) is 0 Å². The number of esters is 1. The van der Waals surface area contributed by atoms with Crippen LogP contribution in [0.2, 0.25) is 0 Å². The van der Waals surface area contributed by atoms with E-state index in [1.807, 2.05) is 56.4 Å². The largest absolute Gasteiger partial charge is 0.478 e. The molecule has 0 spiro atoms. The standard InChI is InChI=1S/C22H28O4/c1-6-26-22(25)20(5)16-10-14-18(3)12-8-7-11-17(2)13-9-15-19(4)21(23)24/h7-16H,6H2,1-5H3,(H,23,24)/b8-7+,13-9+,14-10+,17-11+,18-12+,19-15+,20-16+. The summed E-state index contributed by atoms with van der Waals surface area (Å²) in [6, 6.07) is 0. The number of aliphatic carboxylic acids is 1. The van der Waals surface area contributed by atoms with Gasteiger partial charge in [-0.2, -0.15) is 0 Å². The van der Waals surface area contributed by atoms with Crippen LogP contribution in [0.1, 0.15) is 34.6 Å². The number of carbonyl (C=O) groups is 2. The summed E-state index contributed by atoms with van der Waals surface area (Å²) in [7, 11) is 0. The first-order valence-electron chi connectivity index (χ1n) is 8.40. The summed E-state index contributed by atoms with van der Waals surface area (Å²) in [5.74, 6) is -1.22. The number of allylic oxidation sites excluding steroid dienone is 12. The van der Waals surface area contributed by atoms with Gasteiger partial charge < -0.3 is 9.84 Å². The molecule has 4 heteroatoms. The molecule has 0 unspecified atom stereocenters. The van der Waals surface area contributed by atoms with E-state index in [4.69, 9.17) is 9.84 Å². The van der Waals surface area contributed by atoms with Gasteiger partial charge in [-0.3, -0.25) is 0 Å². The minimum absolute atomic E-state index is 0.294. The Morgan fingerprint density at radius 2 is 1.23 bits per heavy atom. The molecule has 26 heavy (non-hydrogen) atoms. The lowest BCUT2D eigenvalue weighted by Crippen LogP contribution is -2.04. The zero-order valence-electron chi connectivity index (χ0n) is 16.2. The van der Waals surface area contributed by atoms with E-state index < -0.39 is 5.97 Å². The molecule has 1 N–H and O–H groups in total. The average molecular weight is 356 g/mol. The molecule has 0 fully saturated rings. The molecule has 0 aromatic rings. The van der Waals surface area contributed by atoms with Gasteiger partial charge in [-0.15, -0.1) is 0 Å². The van der Waals surface area contributed by atoms with Crippen molar-refractivity contribution in [2.75, 3.05) is 6.61 Å². The molecule has 0 aromatic heterocycles. The molecule has 0 bridgehead atoms. The Bertz CT molecular complexity index is 696. The molecule has 0 aliphatic rings. The third-order valence-corrected chi connectivity index (χ3v) is 3.17.